The molecule has 0 aliphatic carbocycles. The zero-order chi connectivity index (χ0) is 25.7. The fraction of sp³-hybridized carbons (Fsp3) is 0.115. The average molecular weight is 663 g/mol. The van der Waals surface area contributed by atoms with Crippen LogP contribution in [0, 0.1) is 3.57 Å². The lowest BCUT2D eigenvalue weighted by Crippen LogP contribution is -2.16. The Morgan fingerprint density at radius 1 is 1.08 bits per heavy atom. The van der Waals surface area contributed by atoms with Crippen LogP contribution < -0.4 is 14.9 Å². The van der Waals surface area contributed by atoms with Crippen molar-refractivity contribution in [2.24, 2.45) is 5.10 Å². The van der Waals surface area contributed by atoms with Crippen LogP contribution in [-0.4, -0.2) is 29.8 Å². The summed E-state index contributed by atoms with van der Waals surface area (Å²) in [6.07, 6.45) is 1.50. The normalized spacial score (nSPS) is 11.1. The number of rotatable bonds is 9. The number of aromatic carboxylic acids is 1. The van der Waals surface area contributed by atoms with Crippen LogP contribution in [0.1, 0.15) is 39.0 Å². The number of carboxylic acid groups (broad SMARTS) is 1. The van der Waals surface area contributed by atoms with Gasteiger partial charge in [0.2, 0.25) is 0 Å². The first-order valence-electron chi connectivity index (χ1n) is 10.8. The number of ether oxygens (including phenoxy) is 2. The minimum Gasteiger partial charge on any atom is -0.490 e. The van der Waals surface area contributed by atoms with Gasteiger partial charge < -0.3 is 19.0 Å². The molecule has 10 heteroatoms. The monoisotopic (exact) mass is 662 g/mol. The van der Waals surface area contributed by atoms with Crippen molar-refractivity contribution in [3.8, 4) is 11.5 Å². The van der Waals surface area contributed by atoms with Crippen LogP contribution in [-0.2, 0) is 6.61 Å². The van der Waals surface area contributed by atoms with Gasteiger partial charge in [-0.2, -0.15) is 5.10 Å². The third-order valence-electron chi connectivity index (χ3n) is 5.00. The van der Waals surface area contributed by atoms with Crippen LogP contribution in [0.25, 0.3) is 11.0 Å². The van der Waals surface area contributed by atoms with Crippen molar-refractivity contribution in [1.82, 2.24) is 5.43 Å². The van der Waals surface area contributed by atoms with Crippen molar-refractivity contribution < 1.29 is 28.6 Å². The maximum Gasteiger partial charge on any atom is 0.335 e. The summed E-state index contributed by atoms with van der Waals surface area (Å²) in [7, 11) is 0. The second kappa shape index (κ2) is 11.6. The summed E-state index contributed by atoms with van der Waals surface area (Å²) < 4.78 is 19.1. The minimum absolute atomic E-state index is 0.160. The summed E-state index contributed by atoms with van der Waals surface area (Å²) in [5.74, 6) is -0.229. The molecule has 184 valence electrons. The molecule has 0 atom stereocenters. The average Bonchev–Trinajstić information content (AvgIpc) is 3.28. The maximum atomic E-state index is 12.5. The minimum atomic E-state index is -0.977. The van der Waals surface area contributed by atoms with E-state index >= 15 is 0 Å². The van der Waals surface area contributed by atoms with Gasteiger partial charge in [-0.3, -0.25) is 4.79 Å². The lowest BCUT2D eigenvalue weighted by molar-refractivity contribution is 0.0696. The molecule has 0 unspecified atom stereocenters. The van der Waals surface area contributed by atoms with E-state index in [1.807, 2.05) is 19.1 Å². The van der Waals surface area contributed by atoms with Gasteiger partial charge >= 0.3 is 11.9 Å². The third-order valence-corrected chi connectivity index (χ3v) is 6.26. The predicted octanol–water partition coefficient (Wildman–Crippen LogP) is 6.24. The van der Waals surface area contributed by atoms with E-state index in [0.29, 0.717) is 29.3 Å². The second-order valence-electron chi connectivity index (χ2n) is 7.55. The molecule has 2 N–H and O–H groups in total. The quantitative estimate of drug-likeness (QED) is 0.125. The Morgan fingerprint density at radius 3 is 2.58 bits per heavy atom. The Labute approximate surface area is 228 Å². The molecular weight excluding hydrogens is 643 g/mol. The van der Waals surface area contributed by atoms with Gasteiger partial charge in [0.15, 0.2) is 17.3 Å². The van der Waals surface area contributed by atoms with E-state index in [0.717, 1.165) is 19.0 Å². The van der Waals surface area contributed by atoms with E-state index in [1.165, 1.54) is 18.3 Å². The van der Waals surface area contributed by atoms with Crippen LogP contribution in [0.5, 0.6) is 11.5 Å². The molecule has 4 rings (SSSR count). The molecule has 0 saturated heterocycles. The highest BCUT2D eigenvalue weighted by Gasteiger charge is 2.14. The van der Waals surface area contributed by atoms with Crippen molar-refractivity contribution in [2.75, 3.05) is 6.61 Å². The Kier molecular flexibility index (Phi) is 8.26. The van der Waals surface area contributed by atoms with E-state index < -0.39 is 11.9 Å². The molecule has 0 fully saturated rings. The van der Waals surface area contributed by atoms with Gasteiger partial charge in [0.05, 0.1) is 22.0 Å². The van der Waals surface area contributed by atoms with Crippen LogP contribution >= 0.6 is 38.5 Å². The Hall–Kier alpha value is -3.38. The first kappa shape index (κ1) is 25.7. The molecule has 0 bridgehead atoms. The summed E-state index contributed by atoms with van der Waals surface area (Å²) >= 11 is 5.59. The summed E-state index contributed by atoms with van der Waals surface area (Å²) in [6.45, 7) is 2.54. The van der Waals surface area contributed by atoms with E-state index in [9.17, 15) is 9.59 Å². The van der Waals surface area contributed by atoms with E-state index in [-0.39, 0.29) is 17.9 Å². The van der Waals surface area contributed by atoms with Crippen LogP contribution in [0.3, 0.4) is 0 Å². The molecule has 1 heterocycles. The number of furan rings is 1. The molecule has 0 aliphatic heterocycles. The fourth-order valence-corrected chi connectivity index (χ4v) is 4.97. The number of carboxylic acids is 1. The zero-order valence-corrected chi connectivity index (χ0v) is 22.7. The second-order valence-corrected chi connectivity index (χ2v) is 9.62. The number of amides is 1. The smallest absolute Gasteiger partial charge is 0.335 e. The number of benzene rings is 3. The number of halogens is 2. The molecule has 1 aromatic heterocycles. The van der Waals surface area contributed by atoms with Gasteiger partial charge in [0.1, 0.15) is 12.2 Å². The summed E-state index contributed by atoms with van der Waals surface area (Å²) in [4.78, 5) is 23.5. The fourth-order valence-electron chi connectivity index (χ4n) is 3.31. The maximum absolute atomic E-state index is 12.5. The van der Waals surface area contributed by atoms with Crippen molar-refractivity contribution in [3.63, 3.8) is 0 Å². The lowest BCUT2D eigenvalue weighted by Gasteiger charge is -2.12. The molecule has 3 aromatic carbocycles. The predicted molar refractivity (Wildman–Crippen MR) is 147 cm³/mol. The van der Waals surface area contributed by atoms with Crippen molar-refractivity contribution in [2.45, 2.75) is 13.5 Å². The highest BCUT2D eigenvalue weighted by atomic mass is 127. The molecule has 0 saturated carbocycles. The largest absolute Gasteiger partial charge is 0.490 e. The van der Waals surface area contributed by atoms with E-state index in [1.54, 1.807) is 36.4 Å². The standard InChI is InChI=1S/C26H20BrIN2O6/c1-2-34-22-9-16(5-8-21(22)35-14-15-3-6-17(7-4-15)26(32)33)13-29-30-25(31)23-11-18-10-19(27)12-20(28)24(18)36-23/h3-13H,2,14H2,1H3,(H,30,31)(H,32,33)/b29-13-. The van der Waals surface area contributed by atoms with Gasteiger partial charge in [-0.05, 0) is 89.2 Å². The first-order valence-corrected chi connectivity index (χ1v) is 12.6. The highest BCUT2D eigenvalue weighted by Crippen LogP contribution is 2.30. The van der Waals surface area contributed by atoms with Crippen molar-refractivity contribution >= 4 is 67.6 Å². The lowest BCUT2D eigenvalue weighted by atomic mass is 10.1. The first-order chi connectivity index (χ1) is 17.3. The third kappa shape index (κ3) is 6.24. The van der Waals surface area contributed by atoms with E-state index in [2.05, 4.69) is 49.0 Å². The summed E-state index contributed by atoms with van der Waals surface area (Å²) in [5.41, 5.74) is 4.85. The number of carbonyl (C=O) groups excluding carboxylic acids is 1. The summed E-state index contributed by atoms with van der Waals surface area (Å²) in [6, 6.07) is 17.2. The number of hydrazone groups is 1. The highest BCUT2D eigenvalue weighted by molar-refractivity contribution is 14.1. The molecule has 8 nitrogen and oxygen atoms in total. The molecule has 1 amide bonds. The molecule has 0 spiro atoms. The van der Waals surface area contributed by atoms with E-state index in [4.69, 9.17) is 19.0 Å². The Morgan fingerprint density at radius 2 is 1.86 bits per heavy atom. The van der Waals surface area contributed by atoms with Crippen LogP contribution in [0.4, 0.5) is 0 Å². The van der Waals surface area contributed by atoms with Crippen molar-refractivity contribution in [1.29, 1.82) is 0 Å². The van der Waals surface area contributed by atoms with Gasteiger partial charge in [0.25, 0.3) is 0 Å². The Bertz CT molecular complexity index is 1450. The number of nitrogens with zero attached hydrogens (tertiary/aromatic N) is 1. The number of carbonyl (C=O) groups is 2. The van der Waals surface area contributed by atoms with Crippen LogP contribution in [0.15, 0.2) is 74.7 Å². The number of fused-ring (bicyclic) bond motifs is 1. The topological polar surface area (TPSA) is 110 Å². The molecule has 4 aromatic rings. The number of nitrogens with one attached hydrogen (secondary N) is 1. The molecular formula is C26H20BrIN2O6. The Balaban J connectivity index is 1.41. The van der Waals surface area contributed by atoms with Gasteiger partial charge in [-0.1, -0.05) is 28.1 Å². The van der Waals surface area contributed by atoms with Gasteiger partial charge in [-0.15, -0.1) is 0 Å². The molecule has 0 aliphatic rings. The molecule has 0 radical (unpaired) electrons. The van der Waals surface area contributed by atoms with Crippen molar-refractivity contribution in [3.05, 3.63) is 91.2 Å². The molecule has 36 heavy (non-hydrogen) atoms. The number of hydrogen-bond donors (Lipinski definition) is 2. The number of hydrogen-bond acceptors (Lipinski definition) is 6. The summed E-state index contributed by atoms with van der Waals surface area (Å²) in [5, 5.41) is 13.9. The van der Waals surface area contributed by atoms with Crippen LogP contribution in [0.2, 0.25) is 0 Å². The van der Waals surface area contributed by atoms with Gasteiger partial charge in [-0.25, -0.2) is 10.2 Å². The van der Waals surface area contributed by atoms with Gasteiger partial charge in [0, 0.05) is 9.86 Å². The SMILES string of the molecule is CCOc1cc(/C=N\NC(=O)c2cc3cc(Br)cc(I)c3o2)ccc1OCc1ccc(C(=O)O)cc1. The zero-order valence-electron chi connectivity index (χ0n) is 19.0.